The van der Waals surface area contributed by atoms with E-state index in [0.717, 1.165) is 0 Å². The Balaban J connectivity index is 0.000000490. The van der Waals surface area contributed by atoms with Gasteiger partial charge in [0.05, 0.1) is 0 Å². The van der Waals surface area contributed by atoms with Crippen LogP contribution in [0.25, 0.3) is 0 Å². The molecule has 0 atom stereocenters. The molecule has 0 N–H and O–H groups in total. The van der Waals surface area contributed by atoms with E-state index in [1.54, 1.807) is 0 Å². The molecule has 1 rings (SSSR count). The van der Waals surface area contributed by atoms with E-state index in [4.69, 9.17) is 23.2 Å². The summed E-state index contributed by atoms with van der Waals surface area (Å²) in [7, 11) is 0. The van der Waals surface area contributed by atoms with Crippen molar-refractivity contribution in [3.8, 4) is 0 Å². The summed E-state index contributed by atoms with van der Waals surface area (Å²) in [5.41, 5.74) is 0. The first-order chi connectivity index (χ1) is 3.29. The van der Waals surface area contributed by atoms with Crippen molar-refractivity contribution in [1.29, 1.82) is 0 Å². The van der Waals surface area contributed by atoms with Crippen LogP contribution >= 0.6 is 34.5 Å². The zero-order valence-corrected chi connectivity index (χ0v) is 6.44. The van der Waals surface area contributed by atoms with Crippen LogP contribution in [0.4, 0.5) is 0 Å². The molecule has 38 valence electrons. The zero-order chi connectivity index (χ0) is 5.28. The van der Waals surface area contributed by atoms with Gasteiger partial charge in [0.2, 0.25) is 0 Å². The molecule has 1 aromatic rings. The van der Waals surface area contributed by atoms with Crippen LogP contribution in [0.2, 0.25) is 8.80 Å². The first-order valence-corrected chi connectivity index (χ1v) is 3.06. The number of hydrogen-bond donors (Lipinski definition) is 0. The smallest absolute Gasteiger partial charge is 0.431 e. The van der Waals surface area contributed by atoms with Crippen molar-refractivity contribution in [3.63, 3.8) is 0 Å². The van der Waals surface area contributed by atoms with Gasteiger partial charge in [-0.1, -0.05) is 11.6 Å². The maximum absolute atomic E-state index is 5.38. The van der Waals surface area contributed by atoms with Gasteiger partial charge >= 0.3 is 18.9 Å². The Morgan fingerprint density at radius 2 is 2.12 bits per heavy atom. The molecule has 0 saturated heterocycles. The van der Waals surface area contributed by atoms with Gasteiger partial charge in [0.25, 0.3) is 0 Å². The normalized spacial score (nSPS) is 8.25. The Morgan fingerprint density at radius 3 is 2.25 bits per heavy atom. The zero-order valence-electron chi connectivity index (χ0n) is 4.11. The van der Waals surface area contributed by atoms with E-state index in [1.165, 1.54) is 11.3 Å². The number of halogens is 2. The van der Waals surface area contributed by atoms with E-state index in [9.17, 15) is 0 Å². The van der Waals surface area contributed by atoms with E-state index >= 15 is 0 Å². The van der Waals surface area contributed by atoms with Crippen LogP contribution in [-0.2, 0) is 0 Å². The molecule has 8 heavy (non-hydrogen) atoms. The van der Waals surface area contributed by atoms with E-state index in [0.29, 0.717) is 8.80 Å². The van der Waals surface area contributed by atoms with Gasteiger partial charge in [-0.05, 0) is 0 Å². The largest absolute Gasteiger partial charge is 1.00 e. The fourth-order valence-electron chi connectivity index (χ4n) is 0.207. The summed E-state index contributed by atoms with van der Waals surface area (Å²) < 4.78 is 0.940. The van der Waals surface area contributed by atoms with Gasteiger partial charge in [-0.2, -0.15) is 11.6 Å². The number of thiazole rings is 1. The Labute approximate surface area is 73.2 Å². The summed E-state index contributed by atoms with van der Waals surface area (Å²) >= 11 is 11.9. The SMILES string of the molecule is Clc1[c-]nc(Cl)s1.[Li+]. The number of nitrogens with zero attached hydrogens (tertiary/aromatic N) is 1. The fraction of sp³-hybridized carbons (Fsp3) is 0. The van der Waals surface area contributed by atoms with Crippen molar-refractivity contribution in [2.45, 2.75) is 0 Å². The molecule has 1 aromatic heterocycles. The molecule has 1 nitrogen and oxygen atoms in total. The van der Waals surface area contributed by atoms with Gasteiger partial charge in [-0.25, -0.2) is 11.3 Å². The Kier molecular flexibility index (Phi) is 4.14. The summed E-state index contributed by atoms with van der Waals surface area (Å²) in [4.78, 5) is 3.54. The Hall–Kier alpha value is 0.807. The molecule has 0 unspecified atom stereocenters. The number of rotatable bonds is 0. The third-order valence-electron chi connectivity index (χ3n) is 0.406. The molecule has 0 aliphatic rings. The van der Waals surface area contributed by atoms with Crippen LogP contribution in [0, 0.1) is 6.20 Å². The predicted octanol–water partition coefficient (Wildman–Crippen LogP) is -0.746. The first kappa shape index (κ1) is 8.81. The Bertz CT molecular complexity index is 150. The average Bonchev–Trinajstić information content (AvgIpc) is 1.87. The van der Waals surface area contributed by atoms with Crippen molar-refractivity contribution < 1.29 is 18.9 Å². The molecule has 0 spiro atoms. The molecule has 0 fully saturated rings. The molecule has 0 aliphatic heterocycles. The molecular weight excluding hydrogens is 160 g/mol. The van der Waals surface area contributed by atoms with Gasteiger partial charge in [-0.15, -0.1) is 6.20 Å². The molecule has 1 heterocycles. The van der Waals surface area contributed by atoms with Crippen LogP contribution in [0.1, 0.15) is 0 Å². The molecular formula is C3Cl2LiNS. The molecule has 0 radical (unpaired) electrons. The third-order valence-corrected chi connectivity index (χ3v) is 1.57. The Morgan fingerprint density at radius 1 is 1.50 bits per heavy atom. The van der Waals surface area contributed by atoms with Crippen LogP contribution in [0.3, 0.4) is 0 Å². The molecule has 0 bridgehead atoms. The first-order valence-electron chi connectivity index (χ1n) is 1.48. The maximum Gasteiger partial charge on any atom is 1.00 e. The van der Waals surface area contributed by atoms with Gasteiger partial charge in [-0.3, -0.25) is 0 Å². The summed E-state index contributed by atoms with van der Waals surface area (Å²) in [6.45, 7) is 0. The monoisotopic (exact) mass is 159 g/mol. The predicted molar refractivity (Wildman–Crippen MR) is 31.0 cm³/mol. The second kappa shape index (κ2) is 3.76. The fourth-order valence-corrected chi connectivity index (χ4v) is 1.19. The van der Waals surface area contributed by atoms with Gasteiger partial charge in [0.1, 0.15) is 0 Å². The molecule has 0 aliphatic carbocycles. The van der Waals surface area contributed by atoms with Crippen molar-refractivity contribution in [2.24, 2.45) is 0 Å². The van der Waals surface area contributed by atoms with Crippen LogP contribution in [0.15, 0.2) is 0 Å². The van der Waals surface area contributed by atoms with Crippen molar-refractivity contribution in [2.75, 3.05) is 0 Å². The second-order valence-corrected chi connectivity index (χ2v) is 3.04. The topological polar surface area (TPSA) is 12.9 Å². The minimum Gasteiger partial charge on any atom is -0.431 e. The van der Waals surface area contributed by atoms with Crippen LogP contribution < -0.4 is 18.9 Å². The average molecular weight is 160 g/mol. The second-order valence-electron chi connectivity index (χ2n) is 0.852. The van der Waals surface area contributed by atoms with Crippen LogP contribution in [0.5, 0.6) is 0 Å². The van der Waals surface area contributed by atoms with E-state index in [-0.39, 0.29) is 18.9 Å². The van der Waals surface area contributed by atoms with E-state index in [2.05, 4.69) is 11.2 Å². The third kappa shape index (κ3) is 2.39. The van der Waals surface area contributed by atoms with Gasteiger partial charge in [0, 0.05) is 8.80 Å². The minimum absolute atomic E-state index is 0. The van der Waals surface area contributed by atoms with E-state index in [1.807, 2.05) is 0 Å². The minimum atomic E-state index is 0. The van der Waals surface area contributed by atoms with Gasteiger partial charge < -0.3 is 4.98 Å². The van der Waals surface area contributed by atoms with Crippen molar-refractivity contribution in [1.82, 2.24) is 4.98 Å². The van der Waals surface area contributed by atoms with E-state index < -0.39 is 0 Å². The quantitative estimate of drug-likeness (QED) is 0.359. The number of hydrogen-bond acceptors (Lipinski definition) is 2. The molecule has 0 amide bonds. The standard InChI is InChI=1S/C3Cl2NS.Li/c4-2-1-6-3(5)7-2;/q-1;+1. The molecule has 0 aromatic carbocycles. The van der Waals surface area contributed by atoms with Crippen molar-refractivity contribution in [3.05, 3.63) is 15.0 Å². The number of aromatic nitrogens is 1. The summed E-state index contributed by atoms with van der Waals surface area (Å²) in [6, 6.07) is 0. The molecule has 0 saturated carbocycles. The van der Waals surface area contributed by atoms with Crippen LogP contribution in [-0.4, -0.2) is 4.98 Å². The maximum atomic E-state index is 5.38. The summed E-state index contributed by atoms with van der Waals surface area (Å²) in [6.07, 6.45) is 2.47. The van der Waals surface area contributed by atoms with Gasteiger partial charge in [0.15, 0.2) is 0 Å². The summed E-state index contributed by atoms with van der Waals surface area (Å²) in [5.74, 6) is 0. The van der Waals surface area contributed by atoms with Crippen molar-refractivity contribution >= 4 is 34.5 Å². The molecule has 5 heteroatoms. The summed E-state index contributed by atoms with van der Waals surface area (Å²) in [5, 5.41) is 0.